The Morgan fingerprint density at radius 3 is 2.47 bits per heavy atom. The number of carbonyl (C=O) groups excluding carboxylic acids is 1. The van der Waals surface area contributed by atoms with E-state index in [1.807, 2.05) is 0 Å². The van der Waals surface area contributed by atoms with Gasteiger partial charge in [0.2, 0.25) is 11.8 Å². The lowest BCUT2D eigenvalue weighted by Gasteiger charge is -2.12. The Balaban J connectivity index is 1.74. The molecule has 0 saturated carbocycles. The fourth-order valence-electron chi connectivity index (χ4n) is 2.60. The Morgan fingerprint density at radius 1 is 1.10 bits per heavy atom. The lowest BCUT2D eigenvalue weighted by atomic mass is 10.2. The summed E-state index contributed by atoms with van der Waals surface area (Å²) in [6, 6.07) is 10.6. The van der Waals surface area contributed by atoms with E-state index < -0.39 is 0 Å². The minimum atomic E-state index is -0.245. The molecule has 1 heterocycles. The second kappa shape index (κ2) is 10.0. The first-order valence-corrected chi connectivity index (χ1v) is 9.79. The van der Waals surface area contributed by atoms with E-state index in [1.54, 1.807) is 50.6 Å². The van der Waals surface area contributed by atoms with Crippen molar-refractivity contribution < 1.29 is 19.0 Å². The number of hydrogen-bond donors (Lipinski definition) is 2. The number of fused-ring (bicyclic) bond motifs is 1. The van der Waals surface area contributed by atoms with Gasteiger partial charge in [-0.2, -0.15) is 0 Å². The van der Waals surface area contributed by atoms with Gasteiger partial charge in [0.05, 0.1) is 25.1 Å². The molecule has 1 amide bonds. The topological polar surface area (TPSA) is 94.6 Å². The van der Waals surface area contributed by atoms with Gasteiger partial charge in [0.15, 0.2) is 16.6 Å². The second-order valence-electron chi connectivity index (χ2n) is 5.97. The summed E-state index contributed by atoms with van der Waals surface area (Å²) in [5.74, 6) is 2.05. The molecule has 0 fully saturated rings. The maximum atomic E-state index is 11.5. The van der Waals surface area contributed by atoms with Crippen molar-refractivity contribution in [3.63, 3.8) is 0 Å². The van der Waals surface area contributed by atoms with E-state index in [2.05, 4.69) is 20.6 Å². The number of amides is 1. The molecule has 0 aliphatic rings. The minimum Gasteiger partial charge on any atom is -0.493 e. The van der Waals surface area contributed by atoms with Crippen molar-refractivity contribution in [1.29, 1.82) is 0 Å². The highest BCUT2D eigenvalue weighted by molar-refractivity contribution is 7.80. The number of aromatic nitrogens is 2. The number of rotatable bonds is 7. The zero-order valence-corrected chi connectivity index (χ0v) is 17.8. The second-order valence-corrected chi connectivity index (χ2v) is 6.76. The number of nitrogens with one attached hydrogen (secondary N) is 2. The van der Waals surface area contributed by atoms with Crippen LogP contribution in [0.15, 0.2) is 42.7 Å². The molecular weight excluding hydrogens is 428 g/mol. The third kappa shape index (κ3) is 5.25. The number of thiocarbonyl (C=S) groups is 1. The fraction of sp³-hybridized carbons (Fsp3) is 0.200. The van der Waals surface area contributed by atoms with Crippen molar-refractivity contribution in [2.75, 3.05) is 25.4 Å². The number of carbonyl (C=O) groups is 1. The molecule has 156 valence electrons. The predicted molar refractivity (Wildman–Crippen MR) is 119 cm³/mol. The van der Waals surface area contributed by atoms with Gasteiger partial charge in [-0.1, -0.05) is 0 Å². The van der Waals surface area contributed by atoms with Crippen LogP contribution in [-0.4, -0.2) is 41.1 Å². The molecule has 8 nitrogen and oxygen atoms in total. The number of ether oxygens (including phenoxy) is 3. The molecule has 0 unspecified atom stereocenters. The van der Waals surface area contributed by atoms with E-state index in [1.165, 1.54) is 6.33 Å². The Hall–Kier alpha value is -3.17. The maximum Gasteiger partial charge on any atom is 0.230 e. The molecule has 0 spiro atoms. The van der Waals surface area contributed by atoms with Crippen LogP contribution in [0.1, 0.15) is 6.42 Å². The van der Waals surface area contributed by atoms with Crippen molar-refractivity contribution in [2.45, 2.75) is 6.42 Å². The van der Waals surface area contributed by atoms with Crippen LogP contribution in [0.3, 0.4) is 0 Å². The van der Waals surface area contributed by atoms with Crippen LogP contribution in [0.5, 0.6) is 23.1 Å². The Labute approximate surface area is 183 Å². The number of halogens is 1. The average Bonchev–Trinajstić information content (AvgIpc) is 2.74. The number of methoxy groups -OCH3 is 2. The smallest absolute Gasteiger partial charge is 0.230 e. The van der Waals surface area contributed by atoms with Gasteiger partial charge in [-0.05, 0) is 42.5 Å². The average molecular weight is 447 g/mol. The van der Waals surface area contributed by atoms with Crippen molar-refractivity contribution in [2.24, 2.45) is 0 Å². The Bertz CT molecular complexity index is 1060. The molecule has 2 aromatic carbocycles. The van der Waals surface area contributed by atoms with Gasteiger partial charge in [0.1, 0.15) is 12.1 Å². The third-order valence-corrected chi connectivity index (χ3v) is 4.40. The summed E-state index contributed by atoms with van der Waals surface area (Å²) in [5.41, 5.74) is 1.35. The van der Waals surface area contributed by atoms with E-state index in [0.717, 1.165) is 0 Å². The molecule has 0 aliphatic heterocycles. The van der Waals surface area contributed by atoms with Gasteiger partial charge >= 0.3 is 0 Å². The van der Waals surface area contributed by atoms with Gasteiger partial charge in [-0.25, -0.2) is 9.97 Å². The number of benzene rings is 2. The van der Waals surface area contributed by atoms with Gasteiger partial charge in [0, 0.05) is 24.1 Å². The zero-order valence-electron chi connectivity index (χ0n) is 16.3. The maximum absolute atomic E-state index is 11.5. The van der Waals surface area contributed by atoms with Crippen LogP contribution in [0.2, 0.25) is 0 Å². The largest absolute Gasteiger partial charge is 0.493 e. The van der Waals surface area contributed by atoms with Crippen LogP contribution < -0.4 is 24.8 Å². The first-order valence-electron chi connectivity index (χ1n) is 8.85. The van der Waals surface area contributed by atoms with Crippen molar-refractivity contribution in [3.8, 4) is 23.1 Å². The van der Waals surface area contributed by atoms with Crippen LogP contribution in [0.25, 0.3) is 10.9 Å². The van der Waals surface area contributed by atoms with Crippen LogP contribution in [-0.2, 0) is 4.79 Å². The summed E-state index contributed by atoms with van der Waals surface area (Å²) >= 11 is 10.6. The van der Waals surface area contributed by atoms with E-state index >= 15 is 0 Å². The molecule has 0 atom stereocenters. The van der Waals surface area contributed by atoms with Crippen molar-refractivity contribution in [3.05, 3.63) is 42.7 Å². The van der Waals surface area contributed by atoms with Crippen molar-refractivity contribution >= 4 is 51.4 Å². The van der Waals surface area contributed by atoms with Crippen LogP contribution in [0, 0.1) is 0 Å². The van der Waals surface area contributed by atoms with Gasteiger partial charge in [-0.15, -0.1) is 11.6 Å². The van der Waals surface area contributed by atoms with Gasteiger partial charge < -0.3 is 24.8 Å². The highest BCUT2D eigenvalue weighted by atomic mass is 35.5. The number of anilines is 1. The summed E-state index contributed by atoms with van der Waals surface area (Å²) in [4.78, 5) is 20.0. The lowest BCUT2D eigenvalue weighted by molar-refractivity contribution is -0.119. The molecule has 0 bridgehead atoms. The molecule has 1 aromatic heterocycles. The van der Waals surface area contributed by atoms with Crippen LogP contribution >= 0.6 is 23.8 Å². The van der Waals surface area contributed by atoms with E-state index in [0.29, 0.717) is 39.7 Å². The first-order chi connectivity index (χ1) is 14.5. The monoisotopic (exact) mass is 446 g/mol. The molecule has 2 N–H and O–H groups in total. The summed E-state index contributed by atoms with van der Waals surface area (Å²) < 4.78 is 16.6. The number of hydrogen-bond acceptors (Lipinski definition) is 7. The summed E-state index contributed by atoms with van der Waals surface area (Å²) in [7, 11) is 3.12. The van der Waals surface area contributed by atoms with Crippen LogP contribution in [0.4, 0.5) is 5.69 Å². The third-order valence-electron chi connectivity index (χ3n) is 4.01. The molecule has 3 aromatic rings. The van der Waals surface area contributed by atoms with Gasteiger partial charge in [0.25, 0.3) is 0 Å². The lowest BCUT2D eigenvalue weighted by Crippen LogP contribution is -2.34. The quantitative estimate of drug-likeness (QED) is 0.417. The Morgan fingerprint density at radius 2 is 1.80 bits per heavy atom. The van der Waals surface area contributed by atoms with Gasteiger partial charge in [-0.3, -0.25) is 4.79 Å². The van der Waals surface area contributed by atoms with Crippen molar-refractivity contribution in [1.82, 2.24) is 15.3 Å². The summed E-state index contributed by atoms with van der Waals surface area (Å²) in [6.45, 7) is 0. The first kappa shape index (κ1) is 21.5. The summed E-state index contributed by atoms with van der Waals surface area (Å²) in [5, 5.41) is 6.35. The minimum absolute atomic E-state index is 0.194. The normalized spacial score (nSPS) is 10.4. The summed E-state index contributed by atoms with van der Waals surface area (Å²) in [6.07, 6.45) is 1.61. The predicted octanol–water partition coefficient (Wildman–Crippen LogP) is 3.88. The van der Waals surface area contributed by atoms with E-state index in [-0.39, 0.29) is 23.3 Å². The fourth-order valence-corrected chi connectivity index (χ4v) is 3.00. The molecule has 3 rings (SSSR count). The number of alkyl halides is 1. The number of nitrogens with zero attached hydrogens (tertiary/aromatic N) is 2. The highest BCUT2D eigenvalue weighted by Gasteiger charge is 2.12. The molecule has 0 saturated heterocycles. The molecular formula is C20H19ClN4O4S. The van der Waals surface area contributed by atoms with E-state index in [4.69, 9.17) is 38.0 Å². The molecule has 0 aliphatic carbocycles. The highest BCUT2D eigenvalue weighted by Crippen LogP contribution is 2.35. The van der Waals surface area contributed by atoms with E-state index in [9.17, 15) is 4.79 Å². The molecule has 0 radical (unpaired) electrons. The Kier molecular flexibility index (Phi) is 7.21. The molecule has 30 heavy (non-hydrogen) atoms. The molecule has 10 heteroatoms. The standard InChI is InChI=1S/C20H19ClN4O4S/c1-27-16-9-14-15(10-17(16)28-2)22-11-23-19(14)29-13-5-3-12(4-6-13)24-20(30)25-18(26)7-8-21/h3-6,9-11H,7-8H2,1-2H3,(H2,24,25,26,30). The zero-order chi connectivity index (χ0) is 21.5. The SMILES string of the molecule is COc1cc2ncnc(Oc3ccc(NC(=S)NC(=O)CCCl)cc3)c2cc1OC.